The topological polar surface area (TPSA) is 108 Å². The zero-order chi connectivity index (χ0) is 24.5. The molecule has 0 saturated carbocycles. The number of hydrogen-bond acceptors (Lipinski definition) is 8. The predicted molar refractivity (Wildman–Crippen MR) is 126 cm³/mol. The van der Waals surface area contributed by atoms with Gasteiger partial charge in [-0.05, 0) is 32.9 Å². The van der Waals surface area contributed by atoms with E-state index in [1.807, 2.05) is 6.92 Å². The molecule has 2 rings (SSSR count). The molecule has 0 aliphatic carbocycles. The number of hydrogen-bond donors (Lipinski definition) is 1. The summed E-state index contributed by atoms with van der Waals surface area (Å²) in [7, 11) is 2.88. The fraction of sp³-hybridized carbons (Fsp3) is 0.364. The molecule has 2 aromatic rings. The number of amides is 1. The van der Waals surface area contributed by atoms with E-state index in [0.29, 0.717) is 30.5 Å². The lowest BCUT2D eigenvalue weighted by molar-refractivity contribution is -0.126. The van der Waals surface area contributed by atoms with Crippen LogP contribution in [0.1, 0.15) is 20.8 Å². The van der Waals surface area contributed by atoms with E-state index in [0.717, 1.165) is 0 Å². The Labute approximate surface area is 202 Å². The van der Waals surface area contributed by atoms with Gasteiger partial charge in [0.2, 0.25) is 6.04 Å². The van der Waals surface area contributed by atoms with E-state index in [1.165, 1.54) is 27.2 Å². The zero-order valence-corrected chi connectivity index (χ0v) is 20.4. The summed E-state index contributed by atoms with van der Waals surface area (Å²) in [5, 5.41) is 10.8. The Balaban J connectivity index is 2.34. The minimum atomic E-state index is -1.45. The molecular formula is C22H25Cl2N3O6. The maximum absolute atomic E-state index is 12.8. The van der Waals surface area contributed by atoms with E-state index in [4.69, 9.17) is 42.1 Å². The van der Waals surface area contributed by atoms with E-state index < -0.39 is 17.7 Å². The Morgan fingerprint density at radius 3 is 2.30 bits per heavy atom. The number of carbonyl (C=O) groups is 2. The lowest BCUT2D eigenvalue weighted by atomic mass is 10.2. The van der Waals surface area contributed by atoms with Crippen LogP contribution in [0, 0.1) is 0 Å². The fourth-order valence-corrected chi connectivity index (χ4v) is 3.24. The second kappa shape index (κ2) is 12.3. The molecule has 1 amide bonds. The Morgan fingerprint density at radius 1 is 1.03 bits per heavy atom. The van der Waals surface area contributed by atoms with E-state index in [1.54, 1.807) is 25.1 Å². The number of nitrogens with zero attached hydrogens (tertiary/aromatic N) is 2. The molecule has 0 aliphatic heterocycles. The third kappa shape index (κ3) is 6.49. The summed E-state index contributed by atoms with van der Waals surface area (Å²) in [6.07, 6.45) is 0. The van der Waals surface area contributed by atoms with Gasteiger partial charge in [0.15, 0.2) is 17.3 Å². The van der Waals surface area contributed by atoms with Crippen molar-refractivity contribution in [2.24, 2.45) is 10.2 Å². The molecule has 0 saturated heterocycles. The van der Waals surface area contributed by atoms with E-state index >= 15 is 0 Å². The van der Waals surface area contributed by atoms with Crippen molar-refractivity contribution >= 4 is 46.3 Å². The first-order valence-electron chi connectivity index (χ1n) is 9.99. The van der Waals surface area contributed by atoms with Crippen molar-refractivity contribution < 1.29 is 28.5 Å². The fourth-order valence-electron chi connectivity index (χ4n) is 2.74. The highest BCUT2D eigenvalue weighted by atomic mass is 35.5. The molecule has 0 bridgehead atoms. The predicted octanol–water partition coefficient (Wildman–Crippen LogP) is 5.49. The average molecular weight is 498 g/mol. The van der Waals surface area contributed by atoms with Crippen molar-refractivity contribution in [1.29, 1.82) is 0 Å². The highest BCUT2D eigenvalue weighted by Gasteiger charge is 2.26. The molecule has 1 unspecified atom stereocenters. The van der Waals surface area contributed by atoms with Gasteiger partial charge in [0.1, 0.15) is 27.9 Å². The third-order valence-corrected chi connectivity index (χ3v) is 4.94. The lowest BCUT2D eigenvalue weighted by Gasteiger charge is -2.15. The van der Waals surface area contributed by atoms with Crippen LogP contribution < -0.4 is 24.3 Å². The van der Waals surface area contributed by atoms with Crippen molar-refractivity contribution in [3.63, 3.8) is 0 Å². The van der Waals surface area contributed by atoms with Gasteiger partial charge in [0.25, 0.3) is 5.91 Å². The van der Waals surface area contributed by atoms with Gasteiger partial charge in [0, 0.05) is 12.1 Å². The number of carbonyl (C=O) groups excluding carboxylic acids is 2. The van der Waals surface area contributed by atoms with Crippen LogP contribution in [0.25, 0.3) is 0 Å². The Kier molecular flexibility index (Phi) is 9.74. The standard InChI is InChI=1S/C22H25Cl2N3O6/c1-6-32-16-9-8-15(18(24)21(16)33-7-2)26-27-19(12(3)28)22(29)25-20-14(23)10-13(30-4)11-17(20)31-5/h8-11,19H,6-7H2,1-5H3,(H,25,29). The maximum atomic E-state index is 12.8. The molecule has 33 heavy (non-hydrogen) atoms. The molecule has 178 valence electrons. The second-order valence-electron chi connectivity index (χ2n) is 6.50. The lowest BCUT2D eigenvalue weighted by Crippen LogP contribution is -2.32. The van der Waals surface area contributed by atoms with Gasteiger partial charge in [-0.1, -0.05) is 23.2 Å². The van der Waals surface area contributed by atoms with Crippen LogP contribution in [0.4, 0.5) is 11.4 Å². The van der Waals surface area contributed by atoms with Gasteiger partial charge in [-0.3, -0.25) is 9.59 Å². The number of benzene rings is 2. The smallest absolute Gasteiger partial charge is 0.258 e. The molecule has 0 fully saturated rings. The van der Waals surface area contributed by atoms with Crippen LogP contribution >= 0.6 is 23.2 Å². The molecule has 0 aliphatic rings. The first kappa shape index (κ1) is 26.2. The number of rotatable bonds is 11. The number of anilines is 1. The monoisotopic (exact) mass is 497 g/mol. The van der Waals surface area contributed by atoms with Gasteiger partial charge in [0.05, 0.1) is 32.5 Å². The Morgan fingerprint density at radius 2 is 1.73 bits per heavy atom. The van der Waals surface area contributed by atoms with E-state index in [9.17, 15) is 9.59 Å². The van der Waals surface area contributed by atoms with Crippen molar-refractivity contribution in [2.75, 3.05) is 32.8 Å². The summed E-state index contributed by atoms with van der Waals surface area (Å²) in [4.78, 5) is 25.0. The van der Waals surface area contributed by atoms with Crippen molar-refractivity contribution in [3.8, 4) is 23.0 Å². The Hall–Kier alpha value is -3.04. The maximum Gasteiger partial charge on any atom is 0.258 e. The van der Waals surface area contributed by atoms with Gasteiger partial charge < -0.3 is 24.3 Å². The highest BCUT2D eigenvalue weighted by molar-refractivity contribution is 6.35. The van der Waals surface area contributed by atoms with Crippen molar-refractivity contribution in [1.82, 2.24) is 0 Å². The molecule has 0 aromatic heterocycles. The van der Waals surface area contributed by atoms with Crippen molar-refractivity contribution in [2.45, 2.75) is 26.8 Å². The van der Waals surface area contributed by atoms with Crippen LogP contribution in [0.3, 0.4) is 0 Å². The molecule has 0 heterocycles. The summed E-state index contributed by atoms with van der Waals surface area (Å²) in [5.74, 6) is 0.160. The number of Topliss-reactive ketones (excluding diaryl/α,β-unsaturated/α-hetero) is 1. The largest absolute Gasteiger partial charge is 0.497 e. The van der Waals surface area contributed by atoms with Crippen molar-refractivity contribution in [3.05, 3.63) is 34.3 Å². The molecule has 0 radical (unpaired) electrons. The second-order valence-corrected chi connectivity index (χ2v) is 7.28. The van der Waals surface area contributed by atoms with E-state index in [2.05, 4.69) is 15.5 Å². The van der Waals surface area contributed by atoms with Crippen LogP contribution in [0.5, 0.6) is 23.0 Å². The number of halogens is 2. The first-order valence-corrected chi connectivity index (χ1v) is 10.7. The van der Waals surface area contributed by atoms with Gasteiger partial charge in [-0.2, -0.15) is 10.2 Å². The summed E-state index contributed by atoms with van der Waals surface area (Å²) in [6, 6.07) is 4.77. The molecule has 1 atom stereocenters. The van der Waals surface area contributed by atoms with Crippen LogP contribution in [0.15, 0.2) is 34.5 Å². The number of ether oxygens (including phenoxy) is 4. The molecule has 2 aromatic carbocycles. The molecule has 11 heteroatoms. The number of methoxy groups -OCH3 is 2. The van der Waals surface area contributed by atoms with Crippen LogP contribution in [-0.4, -0.2) is 45.2 Å². The number of nitrogens with one attached hydrogen (secondary N) is 1. The summed E-state index contributed by atoms with van der Waals surface area (Å²) < 4.78 is 21.5. The van der Waals surface area contributed by atoms with Crippen LogP contribution in [-0.2, 0) is 9.59 Å². The zero-order valence-electron chi connectivity index (χ0n) is 18.9. The summed E-state index contributed by atoms with van der Waals surface area (Å²) in [5.41, 5.74) is 0.381. The highest BCUT2D eigenvalue weighted by Crippen LogP contribution is 2.42. The minimum Gasteiger partial charge on any atom is -0.497 e. The van der Waals surface area contributed by atoms with Gasteiger partial charge in [-0.25, -0.2) is 0 Å². The molecular weight excluding hydrogens is 473 g/mol. The van der Waals surface area contributed by atoms with Gasteiger partial charge >= 0.3 is 0 Å². The number of azo groups is 1. The first-order chi connectivity index (χ1) is 15.8. The SMILES string of the molecule is CCOc1ccc(N=NC(C(C)=O)C(=O)Nc2c(Cl)cc(OC)cc2OC)c(Cl)c1OCC. The third-order valence-electron chi connectivity index (χ3n) is 4.27. The van der Waals surface area contributed by atoms with Crippen LogP contribution in [0.2, 0.25) is 10.0 Å². The number of ketones is 1. The molecule has 9 nitrogen and oxygen atoms in total. The molecule has 1 N–H and O–H groups in total. The minimum absolute atomic E-state index is 0.147. The quantitative estimate of drug-likeness (QED) is 0.324. The van der Waals surface area contributed by atoms with E-state index in [-0.39, 0.29) is 27.2 Å². The Bertz CT molecular complexity index is 1050. The molecule has 0 spiro atoms. The normalized spacial score (nSPS) is 11.7. The average Bonchev–Trinajstić information content (AvgIpc) is 2.78. The van der Waals surface area contributed by atoms with Gasteiger partial charge in [-0.15, -0.1) is 0 Å². The summed E-state index contributed by atoms with van der Waals surface area (Å²) >= 11 is 12.6. The summed E-state index contributed by atoms with van der Waals surface area (Å²) in [6.45, 7) is 5.62.